The van der Waals surface area contributed by atoms with Crippen LogP contribution in [0.5, 0.6) is 0 Å². The van der Waals surface area contributed by atoms with Gasteiger partial charge in [-0.05, 0) is 36.4 Å². The summed E-state index contributed by atoms with van der Waals surface area (Å²) in [7, 11) is 0. The quantitative estimate of drug-likeness (QED) is 0.530. The van der Waals surface area contributed by atoms with Crippen LogP contribution in [-0.4, -0.2) is 20.9 Å². The molecule has 1 N–H and O–H groups in total. The van der Waals surface area contributed by atoms with Crippen LogP contribution < -0.4 is 0 Å². The first kappa shape index (κ1) is 20.8. The van der Waals surface area contributed by atoms with E-state index in [1.807, 2.05) is 0 Å². The molecule has 1 atom stereocenters. The number of nitrogens with zero attached hydrogens (tertiary/aromatic N) is 2. The van der Waals surface area contributed by atoms with Gasteiger partial charge in [-0.15, -0.1) is 0 Å². The second-order valence-corrected chi connectivity index (χ2v) is 8.15. The number of carbonyl (C=O) groups excluding carboxylic acids is 1. The van der Waals surface area contributed by atoms with Crippen molar-refractivity contribution >= 4 is 33.4 Å². The van der Waals surface area contributed by atoms with Gasteiger partial charge in [0.2, 0.25) is 0 Å². The van der Waals surface area contributed by atoms with Crippen LogP contribution >= 0.6 is 27.5 Å². The molecule has 0 radical (unpaired) electrons. The summed E-state index contributed by atoms with van der Waals surface area (Å²) in [5, 5.41) is 12.1. The van der Waals surface area contributed by atoms with Gasteiger partial charge in [0.15, 0.2) is 5.72 Å². The van der Waals surface area contributed by atoms with Gasteiger partial charge >= 0.3 is 6.18 Å². The zero-order valence-corrected chi connectivity index (χ0v) is 17.5. The van der Waals surface area contributed by atoms with Gasteiger partial charge in [-0.3, -0.25) is 14.7 Å². The largest absolute Gasteiger partial charge is 0.416 e. The summed E-state index contributed by atoms with van der Waals surface area (Å²) in [5.74, 6) is -0.467. The maximum atomic E-state index is 13.1. The third kappa shape index (κ3) is 3.49. The summed E-state index contributed by atoms with van der Waals surface area (Å²) in [5.41, 5.74) is -1.67. The Hall–Kier alpha value is -2.42. The van der Waals surface area contributed by atoms with Gasteiger partial charge in [0, 0.05) is 27.4 Å². The van der Waals surface area contributed by atoms with E-state index in [-0.39, 0.29) is 23.2 Å². The number of alkyl halides is 3. The second kappa shape index (κ2) is 7.37. The van der Waals surface area contributed by atoms with E-state index in [0.29, 0.717) is 15.2 Å². The van der Waals surface area contributed by atoms with Crippen molar-refractivity contribution in [3.05, 3.63) is 98.2 Å². The molecule has 154 valence electrons. The topological polar surface area (TPSA) is 53.4 Å². The van der Waals surface area contributed by atoms with Crippen LogP contribution in [0.25, 0.3) is 0 Å². The molecular formula is C21H13BrClF3N2O2. The second-order valence-electron chi connectivity index (χ2n) is 6.80. The van der Waals surface area contributed by atoms with Crippen molar-refractivity contribution in [3.63, 3.8) is 0 Å². The van der Waals surface area contributed by atoms with E-state index in [1.165, 1.54) is 23.2 Å². The van der Waals surface area contributed by atoms with E-state index in [9.17, 15) is 23.1 Å². The minimum Gasteiger partial charge on any atom is -0.363 e. The van der Waals surface area contributed by atoms with Crippen LogP contribution in [0.3, 0.4) is 0 Å². The number of amides is 1. The lowest BCUT2D eigenvalue weighted by Crippen LogP contribution is -2.44. The molecule has 4 rings (SSSR count). The zero-order chi connectivity index (χ0) is 21.7. The third-order valence-electron chi connectivity index (χ3n) is 4.95. The Labute approximate surface area is 183 Å². The van der Waals surface area contributed by atoms with Crippen molar-refractivity contribution in [1.82, 2.24) is 9.88 Å². The molecule has 2 heterocycles. The van der Waals surface area contributed by atoms with Gasteiger partial charge in [-0.1, -0.05) is 45.7 Å². The van der Waals surface area contributed by atoms with Gasteiger partial charge < -0.3 is 5.11 Å². The fraction of sp³-hybridized carbons (Fsp3) is 0.143. The average molecular weight is 498 g/mol. The predicted octanol–water partition coefficient (Wildman–Crippen LogP) is 5.37. The monoisotopic (exact) mass is 496 g/mol. The molecule has 1 aliphatic heterocycles. The van der Waals surface area contributed by atoms with Crippen LogP contribution in [0.15, 0.2) is 65.3 Å². The highest BCUT2D eigenvalue weighted by atomic mass is 79.9. The van der Waals surface area contributed by atoms with Gasteiger partial charge in [-0.2, -0.15) is 13.2 Å². The molecule has 0 spiro atoms. The molecule has 3 aromatic rings. The third-order valence-corrected chi connectivity index (χ3v) is 5.66. The van der Waals surface area contributed by atoms with Crippen molar-refractivity contribution in [3.8, 4) is 0 Å². The maximum absolute atomic E-state index is 13.1. The van der Waals surface area contributed by atoms with Crippen LogP contribution in [0.4, 0.5) is 13.2 Å². The van der Waals surface area contributed by atoms with Crippen molar-refractivity contribution in [2.75, 3.05) is 0 Å². The van der Waals surface area contributed by atoms with E-state index in [0.717, 1.165) is 12.1 Å². The lowest BCUT2D eigenvalue weighted by molar-refractivity contribution is -0.137. The summed E-state index contributed by atoms with van der Waals surface area (Å²) in [4.78, 5) is 18.5. The molecule has 1 aromatic heterocycles. The lowest BCUT2D eigenvalue weighted by Gasteiger charge is -2.34. The maximum Gasteiger partial charge on any atom is 0.416 e. The highest BCUT2D eigenvalue weighted by molar-refractivity contribution is 9.10. The molecule has 2 aromatic carbocycles. The number of pyridine rings is 1. The van der Waals surface area contributed by atoms with E-state index in [4.69, 9.17) is 11.6 Å². The van der Waals surface area contributed by atoms with Gasteiger partial charge in [0.05, 0.1) is 22.8 Å². The number of aliphatic hydroxyl groups is 1. The predicted molar refractivity (Wildman–Crippen MR) is 108 cm³/mol. The molecule has 0 saturated heterocycles. The molecule has 0 saturated carbocycles. The van der Waals surface area contributed by atoms with Crippen molar-refractivity contribution in [1.29, 1.82) is 0 Å². The minimum atomic E-state index is -4.51. The first-order valence-corrected chi connectivity index (χ1v) is 9.90. The number of hydrogen-bond donors (Lipinski definition) is 1. The van der Waals surface area contributed by atoms with Gasteiger partial charge in [-0.25, -0.2) is 0 Å². The Morgan fingerprint density at radius 1 is 1.10 bits per heavy atom. The molecule has 0 bridgehead atoms. The molecule has 0 aliphatic carbocycles. The SMILES string of the molecule is O=C1c2cc(Br)ccc2C(O)(c2ccc(C(F)(F)F)cc2)N1Cc1ccc(Cl)cn1. The van der Waals surface area contributed by atoms with Crippen LogP contribution in [0, 0.1) is 0 Å². The molecular weight excluding hydrogens is 485 g/mol. The molecule has 0 fully saturated rings. The van der Waals surface area contributed by atoms with Gasteiger partial charge in [0.1, 0.15) is 0 Å². The number of fused-ring (bicyclic) bond motifs is 1. The Balaban J connectivity index is 1.83. The molecule has 9 heteroatoms. The van der Waals surface area contributed by atoms with Gasteiger partial charge in [0.25, 0.3) is 5.91 Å². The van der Waals surface area contributed by atoms with Crippen molar-refractivity contribution < 1.29 is 23.1 Å². The standard InChI is InChI=1S/C21H13BrClF3N2O2/c22-14-5-8-18-17(9-14)19(29)28(11-16-7-6-15(23)10-27-16)20(18,30)12-1-3-13(4-2-12)21(24,25)26/h1-10,30H,11H2. The Bertz CT molecular complexity index is 1120. The number of aromatic nitrogens is 1. The smallest absolute Gasteiger partial charge is 0.363 e. The first-order chi connectivity index (χ1) is 14.1. The molecule has 1 unspecified atom stereocenters. The summed E-state index contributed by atoms with van der Waals surface area (Å²) < 4.78 is 39.6. The summed E-state index contributed by atoms with van der Waals surface area (Å²) in [6.07, 6.45) is -3.10. The van der Waals surface area contributed by atoms with E-state index in [1.54, 1.807) is 30.3 Å². The summed E-state index contributed by atoms with van der Waals surface area (Å²) in [6, 6.07) is 12.1. The van der Waals surface area contributed by atoms with Crippen molar-refractivity contribution in [2.24, 2.45) is 0 Å². The number of carbonyl (C=O) groups is 1. The van der Waals surface area contributed by atoms with Crippen LogP contribution in [0.1, 0.15) is 32.7 Å². The number of hydrogen-bond acceptors (Lipinski definition) is 3. The normalized spacial score (nSPS) is 18.6. The van der Waals surface area contributed by atoms with E-state index in [2.05, 4.69) is 20.9 Å². The summed E-state index contributed by atoms with van der Waals surface area (Å²) in [6.45, 7) is -0.0696. The molecule has 1 aliphatic rings. The molecule has 30 heavy (non-hydrogen) atoms. The minimum absolute atomic E-state index is 0.0696. The Morgan fingerprint density at radius 3 is 2.40 bits per heavy atom. The zero-order valence-electron chi connectivity index (χ0n) is 15.1. The molecule has 4 nitrogen and oxygen atoms in total. The summed E-state index contributed by atoms with van der Waals surface area (Å²) >= 11 is 9.17. The number of rotatable bonds is 3. The van der Waals surface area contributed by atoms with Crippen LogP contribution in [-0.2, 0) is 18.4 Å². The fourth-order valence-corrected chi connectivity index (χ4v) is 3.96. The highest BCUT2D eigenvalue weighted by Crippen LogP contribution is 2.44. The average Bonchev–Trinajstić information content (AvgIpc) is 2.91. The number of halogens is 5. The highest BCUT2D eigenvalue weighted by Gasteiger charge is 2.50. The number of benzene rings is 2. The Kier molecular flexibility index (Phi) is 5.12. The van der Waals surface area contributed by atoms with E-state index < -0.39 is 23.4 Å². The molecule has 1 amide bonds. The first-order valence-electron chi connectivity index (χ1n) is 8.73. The fourth-order valence-electron chi connectivity index (χ4n) is 3.49. The van der Waals surface area contributed by atoms with E-state index >= 15 is 0 Å². The Morgan fingerprint density at radius 2 is 1.80 bits per heavy atom. The van der Waals surface area contributed by atoms with Crippen LogP contribution in [0.2, 0.25) is 5.02 Å². The lowest BCUT2D eigenvalue weighted by atomic mass is 9.93. The van der Waals surface area contributed by atoms with Crippen molar-refractivity contribution in [2.45, 2.75) is 18.4 Å².